The summed E-state index contributed by atoms with van der Waals surface area (Å²) >= 11 is 0. The summed E-state index contributed by atoms with van der Waals surface area (Å²) < 4.78 is 0. The molecule has 0 bridgehead atoms. The van der Waals surface area contributed by atoms with E-state index in [0.717, 1.165) is 19.5 Å². The van der Waals surface area contributed by atoms with Crippen LogP contribution in [0.25, 0.3) is 0 Å². The van der Waals surface area contributed by atoms with Gasteiger partial charge in [0.2, 0.25) is 0 Å². The number of fused-ring (bicyclic) bond motifs is 1. The maximum absolute atomic E-state index is 10.8. The van der Waals surface area contributed by atoms with Crippen LogP contribution in [0.2, 0.25) is 0 Å². The Labute approximate surface area is 135 Å². The van der Waals surface area contributed by atoms with E-state index in [4.69, 9.17) is 0 Å². The molecule has 6 nitrogen and oxygen atoms in total. The van der Waals surface area contributed by atoms with E-state index in [1.54, 1.807) is 13.0 Å². The third kappa shape index (κ3) is 3.11. The molecule has 1 aliphatic rings. The maximum Gasteiger partial charge on any atom is 0.290 e. The topological polar surface area (TPSA) is 71.3 Å². The lowest BCUT2D eigenvalue weighted by Gasteiger charge is -2.25. The molecule has 1 aliphatic heterocycles. The van der Waals surface area contributed by atoms with E-state index in [1.165, 1.54) is 17.4 Å². The molecule has 2 aromatic rings. The van der Waals surface area contributed by atoms with Gasteiger partial charge in [0.05, 0.1) is 4.92 Å². The number of para-hydroxylation sites is 1. The SMILES string of the molecule is Cc1cc(NCCN2c3ccccc3CC2C)ncc1[N+](=O)[O-]. The highest BCUT2D eigenvalue weighted by atomic mass is 16.6. The number of hydrogen-bond acceptors (Lipinski definition) is 5. The van der Waals surface area contributed by atoms with Crippen molar-refractivity contribution in [3.8, 4) is 0 Å². The smallest absolute Gasteiger partial charge is 0.290 e. The monoisotopic (exact) mass is 312 g/mol. The molecule has 0 radical (unpaired) electrons. The first-order valence-corrected chi connectivity index (χ1v) is 7.75. The highest BCUT2D eigenvalue weighted by molar-refractivity contribution is 5.59. The van der Waals surface area contributed by atoms with E-state index in [-0.39, 0.29) is 5.69 Å². The molecule has 1 aromatic heterocycles. The van der Waals surface area contributed by atoms with Gasteiger partial charge in [-0.3, -0.25) is 10.1 Å². The number of benzene rings is 1. The lowest BCUT2D eigenvalue weighted by molar-refractivity contribution is -0.385. The van der Waals surface area contributed by atoms with Crippen LogP contribution in [-0.4, -0.2) is 29.0 Å². The second-order valence-electron chi connectivity index (χ2n) is 5.92. The number of aromatic nitrogens is 1. The van der Waals surface area contributed by atoms with Gasteiger partial charge in [-0.1, -0.05) is 18.2 Å². The van der Waals surface area contributed by atoms with Crippen LogP contribution in [0, 0.1) is 17.0 Å². The third-order valence-electron chi connectivity index (χ3n) is 4.29. The number of pyridine rings is 1. The van der Waals surface area contributed by atoms with Crippen LogP contribution in [0.3, 0.4) is 0 Å². The quantitative estimate of drug-likeness (QED) is 0.678. The van der Waals surface area contributed by atoms with Crippen LogP contribution in [0.5, 0.6) is 0 Å². The number of anilines is 2. The first-order valence-electron chi connectivity index (χ1n) is 7.75. The molecule has 0 amide bonds. The first-order chi connectivity index (χ1) is 11.1. The average Bonchev–Trinajstić information content (AvgIpc) is 2.83. The van der Waals surface area contributed by atoms with Gasteiger partial charge in [-0.25, -0.2) is 4.98 Å². The van der Waals surface area contributed by atoms with Gasteiger partial charge in [-0.2, -0.15) is 0 Å². The number of hydrogen-bond donors (Lipinski definition) is 1. The largest absolute Gasteiger partial charge is 0.368 e. The Morgan fingerprint density at radius 1 is 1.43 bits per heavy atom. The van der Waals surface area contributed by atoms with Gasteiger partial charge < -0.3 is 10.2 Å². The minimum atomic E-state index is -0.408. The lowest BCUT2D eigenvalue weighted by Crippen LogP contribution is -2.33. The Hall–Kier alpha value is -2.63. The summed E-state index contributed by atoms with van der Waals surface area (Å²) in [5, 5.41) is 14.1. The maximum atomic E-state index is 10.8. The molecule has 1 aromatic carbocycles. The molecule has 0 saturated carbocycles. The summed E-state index contributed by atoms with van der Waals surface area (Å²) in [5.41, 5.74) is 3.36. The van der Waals surface area contributed by atoms with Crippen LogP contribution >= 0.6 is 0 Å². The second-order valence-corrected chi connectivity index (χ2v) is 5.92. The van der Waals surface area contributed by atoms with Crippen molar-refractivity contribution in [1.82, 2.24) is 4.98 Å². The number of nitrogens with one attached hydrogen (secondary N) is 1. The Morgan fingerprint density at radius 2 is 2.22 bits per heavy atom. The van der Waals surface area contributed by atoms with Gasteiger partial charge in [0, 0.05) is 30.4 Å². The van der Waals surface area contributed by atoms with E-state index in [2.05, 4.69) is 46.4 Å². The fourth-order valence-electron chi connectivity index (χ4n) is 3.11. The third-order valence-corrected chi connectivity index (χ3v) is 4.29. The fraction of sp³-hybridized carbons (Fsp3) is 0.353. The fourth-order valence-corrected chi connectivity index (χ4v) is 3.11. The van der Waals surface area contributed by atoms with Crippen molar-refractivity contribution < 1.29 is 4.92 Å². The lowest BCUT2D eigenvalue weighted by atomic mass is 10.1. The molecule has 1 N–H and O–H groups in total. The Bertz CT molecular complexity index is 732. The summed E-state index contributed by atoms with van der Waals surface area (Å²) in [6.45, 7) is 5.57. The van der Waals surface area contributed by atoms with Crippen LogP contribution < -0.4 is 10.2 Å². The van der Waals surface area contributed by atoms with Crippen molar-refractivity contribution in [1.29, 1.82) is 0 Å². The van der Waals surface area contributed by atoms with Crippen molar-refractivity contribution >= 4 is 17.2 Å². The Balaban J connectivity index is 1.62. The number of nitrogens with zero attached hydrogens (tertiary/aromatic N) is 3. The molecule has 6 heteroatoms. The van der Waals surface area contributed by atoms with Crippen LogP contribution in [-0.2, 0) is 6.42 Å². The zero-order valence-electron chi connectivity index (χ0n) is 13.3. The highest BCUT2D eigenvalue weighted by Crippen LogP contribution is 2.31. The molecular formula is C17H20N4O2. The van der Waals surface area contributed by atoms with Crippen LogP contribution in [0.15, 0.2) is 36.5 Å². The van der Waals surface area contributed by atoms with E-state index in [0.29, 0.717) is 17.4 Å². The van der Waals surface area contributed by atoms with Crippen molar-refractivity contribution in [2.45, 2.75) is 26.3 Å². The molecule has 1 unspecified atom stereocenters. The van der Waals surface area contributed by atoms with Crippen molar-refractivity contribution in [3.63, 3.8) is 0 Å². The second kappa shape index (κ2) is 6.24. The van der Waals surface area contributed by atoms with Gasteiger partial charge in [0.15, 0.2) is 0 Å². The standard InChI is InChI=1S/C17H20N4O2/c1-12-9-17(19-11-16(12)21(22)23)18-7-8-20-13(2)10-14-5-3-4-6-15(14)20/h3-6,9,11,13H,7-8,10H2,1-2H3,(H,18,19). The van der Waals surface area contributed by atoms with Gasteiger partial charge >= 0.3 is 0 Å². The molecule has 3 rings (SSSR count). The zero-order chi connectivity index (χ0) is 16.4. The van der Waals surface area contributed by atoms with Crippen molar-refractivity contribution in [3.05, 3.63) is 57.8 Å². The van der Waals surface area contributed by atoms with Gasteiger partial charge in [0.1, 0.15) is 12.0 Å². The van der Waals surface area contributed by atoms with E-state index >= 15 is 0 Å². The predicted octanol–water partition coefficient (Wildman–Crippen LogP) is 3.16. The van der Waals surface area contributed by atoms with Gasteiger partial charge in [0.25, 0.3) is 5.69 Å². The highest BCUT2D eigenvalue weighted by Gasteiger charge is 2.24. The van der Waals surface area contributed by atoms with Gasteiger partial charge in [-0.15, -0.1) is 0 Å². The minimum Gasteiger partial charge on any atom is -0.368 e. The molecule has 2 heterocycles. The zero-order valence-corrected chi connectivity index (χ0v) is 13.3. The summed E-state index contributed by atoms with van der Waals surface area (Å²) in [6.07, 6.45) is 2.39. The molecule has 0 aliphatic carbocycles. The summed E-state index contributed by atoms with van der Waals surface area (Å²) in [4.78, 5) is 16.9. The summed E-state index contributed by atoms with van der Waals surface area (Å²) in [5.74, 6) is 0.674. The number of aryl methyl sites for hydroxylation is 1. The predicted molar refractivity (Wildman–Crippen MR) is 91.1 cm³/mol. The molecule has 23 heavy (non-hydrogen) atoms. The first kappa shape index (κ1) is 15.3. The summed E-state index contributed by atoms with van der Waals surface area (Å²) in [7, 11) is 0. The van der Waals surface area contributed by atoms with E-state index in [9.17, 15) is 10.1 Å². The normalized spacial score (nSPS) is 16.3. The average molecular weight is 312 g/mol. The van der Waals surface area contributed by atoms with Crippen molar-refractivity contribution in [2.24, 2.45) is 0 Å². The molecule has 1 atom stereocenters. The molecular weight excluding hydrogens is 292 g/mol. The van der Waals surface area contributed by atoms with Gasteiger partial charge in [-0.05, 0) is 38.0 Å². The minimum absolute atomic E-state index is 0.0534. The molecule has 0 saturated heterocycles. The molecule has 0 spiro atoms. The number of rotatable bonds is 5. The van der Waals surface area contributed by atoms with E-state index in [1.807, 2.05) is 0 Å². The summed E-state index contributed by atoms with van der Waals surface area (Å²) in [6, 6.07) is 10.7. The van der Waals surface area contributed by atoms with Crippen LogP contribution in [0.1, 0.15) is 18.1 Å². The molecule has 0 fully saturated rings. The Morgan fingerprint density at radius 3 is 2.96 bits per heavy atom. The van der Waals surface area contributed by atoms with Crippen LogP contribution in [0.4, 0.5) is 17.2 Å². The number of nitro groups is 1. The van der Waals surface area contributed by atoms with Crippen molar-refractivity contribution in [2.75, 3.05) is 23.3 Å². The molecule has 120 valence electrons. The Kier molecular flexibility index (Phi) is 4.14. The van der Waals surface area contributed by atoms with E-state index < -0.39 is 4.92 Å².